The SMILES string of the molecule is CCCCn1nc(-c2ccc(OCC)c(OCC)c2)nc2c(=O)n(C)c(=O)nc1-2. The highest BCUT2D eigenvalue weighted by Gasteiger charge is 2.21. The van der Waals surface area contributed by atoms with Crippen LogP contribution in [0.4, 0.5) is 0 Å². The molecule has 1 aromatic carbocycles. The Morgan fingerprint density at radius 3 is 2.41 bits per heavy atom. The number of ether oxygens (including phenoxy) is 2. The Morgan fingerprint density at radius 2 is 1.72 bits per heavy atom. The molecule has 0 spiro atoms. The first-order chi connectivity index (χ1) is 14.0. The molecule has 0 saturated heterocycles. The van der Waals surface area contributed by atoms with Crippen molar-refractivity contribution < 1.29 is 9.47 Å². The fraction of sp³-hybridized carbons (Fsp3) is 0.450. The lowest BCUT2D eigenvalue weighted by atomic mass is 10.2. The summed E-state index contributed by atoms with van der Waals surface area (Å²) in [6.45, 7) is 7.37. The van der Waals surface area contributed by atoms with Gasteiger partial charge in [-0.25, -0.2) is 14.5 Å². The highest BCUT2D eigenvalue weighted by atomic mass is 16.5. The van der Waals surface area contributed by atoms with E-state index >= 15 is 0 Å². The second kappa shape index (κ2) is 8.85. The molecule has 3 rings (SSSR count). The first kappa shape index (κ1) is 20.5. The van der Waals surface area contributed by atoms with E-state index in [9.17, 15) is 9.59 Å². The molecule has 0 radical (unpaired) electrons. The number of rotatable bonds is 8. The van der Waals surface area contributed by atoms with E-state index in [0.717, 1.165) is 17.4 Å². The van der Waals surface area contributed by atoms with Crippen LogP contribution in [0.2, 0.25) is 0 Å². The number of nitrogens with zero attached hydrogens (tertiary/aromatic N) is 5. The van der Waals surface area contributed by atoms with Crippen LogP contribution < -0.4 is 20.7 Å². The summed E-state index contributed by atoms with van der Waals surface area (Å²) >= 11 is 0. The smallest absolute Gasteiger partial charge is 0.352 e. The van der Waals surface area contributed by atoms with E-state index in [1.54, 1.807) is 16.8 Å². The third-order valence-electron chi connectivity index (χ3n) is 4.41. The maximum absolute atomic E-state index is 12.6. The lowest BCUT2D eigenvalue weighted by molar-refractivity contribution is 0.288. The van der Waals surface area contributed by atoms with Crippen LogP contribution in [0.3, 0.4) is 0 Å². The van der Waals surface area contributed by atoms with Gasteiger partial charge in [0.25, 0.3) is 5.56 Å². The highest BCUT2D eigenvalue weighted by molar-refractivity contribution is 5.63. The van der Waals surface area contributed by atoms with E-state index < -0.39 is 11.2 Å². The molecule has 29 heavy (non-hydrogen) atoms. The summed E-state index contributed by atoms with van der Waals surface area (Å²) < 4.78 is 13.8. The zero-order valence-electron chi connectivity index (χ0n) is 17.1. The van der Waals surface area contributed by atoms with E-state index in [4.69, 9.17) is 9.47 Å². The zero-order valence-corrected chi connectivity index (χ0v) is 17.1. The maximum atomic E-state index is 12.6. The predicted molar refractivity (Wildman–Crippen MR) is 109 cm³/mol. The largest absolute Gasteiger partial charge is 0.490 e. The standard InChI is InChI=1S/C20H25N5O4/c1-5-8-11-25-18-16(19(26)24(4)20(27)22-18)21-17(23-25)13-9-10-14(28-6-2)15(12-13)29-7-3/h9-10,12H,5-8,11H2,1-4H3. The van der Waals surface area contributed by atoms with Gasteiger partial charge in [0, 0.05) is 19.2 Å². The average Bonchev–Trinajstić information content (AvgIpc) is 2.72. The highest BCUT2D eigenvalue weighted by Crippen LogP contribution is 2.32. The lowest BCUT2D eigenvalue weighted by Crippen LogP contribution is -2.37. The van der Waals surface area contributed by atoms with Crippen LogP contribution in [-0.2, 0) is 13.6 Å². The molecule has 1 aromatic rings. The number of fused-ring (bicyclic) bond motifs is 1. The lowest BCUT2D eigenvalue weighted by Gasteiger charge is -2.16. The summed E-state index contributed by atoms with van der Waals surface area (Å²) in [5.74, 6) is 1.77. The number of benzene rings is 1. The second-order valence-electron chi connectivity index (χ2n) is 6.47. The molecule has 0 atom stereocenters. The van der Waals surface area contributed by atoms with Crippen molar-refractivity contribution in [2.24, 2.45) is 7.05 Å². The Kier molecular flexibility index (Phi) is 6.26. The maximum Gasteiger partial charge on any atom is 0.352 e. The quantitative estimate of drug-likeness (QED) is 0.572. The van der Waals surface area contributed by atoms with Crippen molar-refractivity contribution in [2.45, 2.75) is 40.2 Å². The zero-order chi connectivity index (χ0) is 21.0. The third kappa shape index (κ3) is 4.13. The average molecular weight is 399 g/mol. The van der Waals surface area contributed by atoms with Crippen LogP contribution in [0.15, 0.2) is 27.8 Å². The summed E-state index contributed by atoms with van der Waals surface area (Å²) in [5, 5.41) is 4.56. The molecule has 2 aliphatic heterocycles. The van der Waals surface area contributed by atoms with Gasteiger partial charge < -0.3 is 9.47 Å². The van der Waals surface area contributed by atoms with E-state index in [-0.39, 0.29) is 11.5 Å². The molecule has 9 heteroatoms. The van der Waals surface area contributed by atoms with Crippen molar-refractivity contribution in [3.05, 3.63) is 39.0 Å². The van der Waals surface area contributed by atoms with Crippen molar-refractivity contribution in [1.29, 1.82) is 0 Å². The van der Waals surface area contributed by atoms with Crippen LogP contribution in [-0.4, -0.2) is 37.5 Å². The number of hydrogen-bond donors (Lipinski definition) is 0. The normalized spacial score (nSPS) is 11.0. The van der Waals surface area contributed by atoms with Gasteiger partial charge in [0.15, 0.2) is 28.8 Å². The van der Waals surface area contributed by atoms with Gasteiger partial charge in [-0.2, -0.15) is 10.1 Å². The minimum absolute atomic E-state index is 0.111. The van der Waals surface area contributed by atoms with Gasteiger partial charge in [0.2, 0.25) is 0 Å². The van der Waals surface area contributed by atoms with Crippen molar-refractivity contribution in [3.63, 3.8) is 0 Å². The number of aromatic nitrogens is 5. The molecular weight excluding hydrogens is 374 g/mol. The van der Waals surface area contributed by atoms with Crippen LogP contribution >= 0.6 is 0 Å². The van der Waals surface area contributed by atoms with Crippen LogP contribution in [0, 0.1) is 0 Å². The second-order valence-corrected chi connectivity index (χ2v) is 6.47. The van der Waals surface area contributed by atoms with E-state index in [2.05, 4.69) is 22.0 Å². The fourth-order valence-electron chi connectivity index (χ4n) is 2.90. The van der Waals surface area contributed by atoms with Crippen LogP contribution in [0.25, 0.3) is 22.9 Å². The fourth-order valence-corrected chi connectivity index (χ4v) is 2.90. The van der Waals surface area contributed by atoms with Gasteiger partial charge in [-0.1, -0.05) is 13.3 Å². The topological polar surface area (TPSA) is 101 Å². The van der Waals surface area contributed by atoms with Crippen molar-refractivity contribution >= 4 is 0 Å². The molecule has 2 heterocycles. The van der Waals surface area contributed by atoms with Gasteiger partial charge in [-0.3, -0.25) is 9.36 Å². The Balaban J connectivity index is 2.21. The van der Waals surface area contributed by atoms with Gasteiger partial charge in [-0.15, -0.1) is 0 Å². The number of unbranched alkanes of at least 4 members (excludes halogenated alkanes) is 1. The third-order valence-corrected chi connectivity index (χ3v) is 4.41. The van der Waals surface area contributed by atoms with Gasteiger partial charge in [0.05, 0.1) is 13.2 Å². The number of aryl methyl sites for hydroxylation is 1. The first-order valence-electron chi connectivity index (χ1n) is 9.76. The van der Waals surface area contributed by atoms with Gasteiger partial charge in [-0.05, 0) is 38.5 Å². The van der Waals surface area contributed by atoms with E-state index in [1.807, 2.05) is 19.9 Å². The Hall–Kier alpha value is -3.23. The molecule has 0 unspecified atom stereocenters. The van der Waals surface area contributed by atoms with E-state index in [1.165, 1.54) is 7.05 Å². The molecule has 0 amide bonds. The Morgan fingerprint density at radius 1 is 1.00 bits per heavy atom. The minimum atomic E-state index is -0.621. The summed E-state index contributed by atoms with van der Waals surface area (Å²) in [5.41, 5.74) is -0.328. The Bertz CT molecular complexity index is 1090. The Labute approximate surface area is 168 Å². The first-order valence-corrected chi connectivity index (χ1v) is 9.76. The molecule has 0 aliphatic carbocycles. The molecule has 0 saturated carbocycles. The summed E-state index contributed by atoms with van der Waals surface area (Å²) in [6, 6.07) is 5.41. The van der Waals surface area contributed by atoms with Crippen LogP contribution in [0.1, 0.15) is 33.6 Å². The van der Waals surface area contributed by atoms with Crippen molar-refractivity contribution in [3.8, 4) is 34.4 Å². The molecule has 0 N–H and O–H groups in total. The summed E-state index contributed by atoms with van der Waals surface area (Å²) in [4.78, 5) is 33.1. The molecular formula is C20H25N5O4. The van der Waals surface area contributed by atoms with Gasteiger partial charge in [0.1, 0.15) is 0 Å². The number of hydrogen-bond acceptors (Lipinski definition) is 7. The van der Waals surface area contributed by atoms with Gasteiger partial charge >= 0.3 is 5.69 Å². The van der Waals surface area contributed by atoms with Crippen molar-refractivity contribution in [2.75, 3.05) is 13.2 Å². The molecule has 2 aliphatic rings. The monoisotopic (exact) mass is 399 g/mol. The molecule has 0 aromatic heterocycles. The molecule has 0 bridgehead atoms. The summed E-state index contributed by atoms with van der Waals surface area (Å²) in [6.07, 6.45) is 1.76. The molecule has 0 fully saturated rings. The molecule has 9 nitrogen and oxygen atoms in total. The predicted octanol–water partition coefficient (Wildman–Crippen LogP) is 2.10. The summed E-state index contributed by atoms with van der Waals surface area (Å²) in [7, 11) is 1.39. The van der Waals surface area contributed by atoms with Crippen LogP contribution in [0.5, 0.6) is 11.5 Å². The van der Waals surface area contributed by atoms with Crippen molar-refractivity contribution in [1.82, 2.24) is 24.3 Å². The molecule has 154 valence electrons. The minimum Gasteiger partial charge on any atom is -0.490 e. The van der Waals surface area contributed by atoms with E-state index in [0.29, 0.717) is 42.6 Å².